The van der Waals surface area contributed by atoms with Crippen molar-refractivity contribution in [2.45, 2.75) is 18.5 Å². The quantitative estimate of drug-likeness (QED) is 0.761. The van der Waals surface area contributed by atoms with Crippen LogP contribution in [0.15, 0.2) is 18.2 Å². The van der Waals surface area contributed by atoms with E-state index in [0.29, 0.717) is 18.9 Å². The Labute approximate surface area is 94.1 Å². The first-order valence-electron chi connectivity index (χ1n) is 5.80. The summed E-state index contributed by atoms with van der Waals surface area (Å²) in [6, 6.07) is 7.58. The molecule has 0 spiro atoms. The minimum absolute atomic E-state index is 0.354. The molecule has 3 aliphatic rings. The lowest BCUT2D eigenvalue weighted by Crippen LogP contribution is -2.43. The highest BCUT2D eigenvalue weighted by molar-refractivity contribution is 5.58. The Morgan fingerprint density at radius 1 is 1.25 bits per heavy atom. The number of nitrogens with zero attached hydrogens (tertiary/aromatic N) is 1. The Morgan fingerprint density at radius 2 is 2.19 bits per heavy atom. The van der Waals surface area contributed by atoms with Crippen molar-refractivity contribution in [3.63, 3.8) is 0 Å². The summed E-state index contributed by atoms with van der Waals surface area (Å²) >= 11 is 0. The molecule has 4 nitrogen and oxygen atoms in total. The second-order valence-corrected chi connectivity index (χ2v) is 4.68. The molecule has 1 aromatic rings. The molecule has 0 radical (unpaired) electrons. The van der Waals surface area contributed by atoms with Gasteiger partial charge in [0.15, 0.2) is 11.5 Å². The molecule has 0 aromatic heterocycles. The van der Waals surface area contributed by atoms with E-state index in [0.717, 1.165) is 24.6 Å². The normalized spacial score (nSPS) is 30.1. The van der Waals surface area contributed by atoms with Crippen molar-refractivity contribution in [2.24, 2.45) is 0 Å². The third-order valence-electron chi connectivity index (χ3n) is 3.74. The largest absolute Gasteiger partial charge is 0.454 e. The molecule has 3 heterocycles. The van der Waals surface area contributed by atoms with E-state index >= 15 is 0 Å². The van der Waals surface area contributed by atoms with Crippen LogP contribution in [-0.4, -0.2) is 32.0 Å². The number of fused-ring (bicyclic) bond motifs is 3. The van der Waals surface area contributed by atoms with Crippen LogP contribution in [-0.2, 0) is 0 Å². The van der Waals surface area contributed by atoms with Gasteiger partial charge in [0.25, 0.3) is 0 Å². The van der Waals surface area contributed by atoms with Crippen LogP contribution in [0.25, 0.3) is 0 Å². The number of ether oxygens (including phenoxy) is 2. The maximum atomic E-state index is 5.41. The van der Waals surface area contributed by atoms with Gasteiger partial charge in [-0.25, -0.2) is 0 Å². The number of anilines is 1. The molecule has 0 amide bonds. The van der Waals surface area contributed by atoms with E-state index in [4.69, 9.17) is 9.47 Å². The molecule has 2 bridgehead atoms. The molecule has 3 aliphatic heterocycles. The molecular formula is C12H14N2O2. The van der Waals surface area contributed by atoms with Gasteiger partial charge in [-0.2, -0.15) is 0 Å². The number of rotatable bonds is 1. The second-order valence-electron chi connectivity index (χ2n) is 4.68. The first-order valence-corrected chi connectivity index (χ1v) is 5.80. The average molecular weight is 218 g/mol. The lowest BCUT2D eigenvalue weighted by molar-refractivity contribution is 0.174. The average Bonchev–Trinajstić information content (AvgIpc) is 3.03. The maximum absolute atomic E-state index is 5.41. The van der Waals surface area contributed by atoms with Crippen LogP contribution >= 0.6 is 0 Å². The van der Waals surface area contributed by atoms with Crippen molar-refractivity contribution in [1.82, 2.24) is 5.32 Å². The van der Waals surface area contributed by atoms with Crippen LogP contribution in [0.4, 0.5) is 5.69 Å². The van der Waals surface area contributed by atoms with Crippen molar-refractivity contribution in [2.75, 3.05) is 24.8 Å². The monoisotopic (exact) mass is 218 g/mol. The van der Waals surface area contributed by atoms with Gasteiger partial charge in [0.05, 0.1) is 0 Å². The summed E-state index contributed by atoms with van der Waals surface area (Å²) in [4.78, 5) is 2.48. The highest BCUT2D eigenvalue weighted by Gasteiger charge is 2.37. The highest BCUT2D eigenvalue weighted by atomic mass is 16.7. The lowest BCUT2D eigenvalue weighted by atomic mass is 10.2. The summed E-state index contributed by atoms with van der Waals surface area (Å²) in [5, 5.41) is 3.51. The zero-order valence-corrected chi connectivity index (χ0v) is 8.98. The van der Waals surface area contributed by atoms with Crippen LogP contribution in [0.3, 0.4) is 0 Å². The van der Waals surface area contributed by atoms with E-state index in [1.807, 2.05) is 6.07 Å². The number of hydrogen-bond acceptors (Lipinski definition) is 4. The number of piperazine rings is 1. The highest BCUT2D eigenvalue weighted by Crippen LogP contribution is 2.38. The molecule has 0 saturated carbocycles. The Morgan fingerprint density at radius 3 is 3.00 bits per heavy atom. The fourth-order valence-corrected chi connectivity index (χ4v) is 2.94. The third kappa shape index (κ3) is 1.13. The first-order chi connectivity index (χ1) is 7.90. The van der Waals surface area contributed by atoms with Crippen LogP contribution in [0.1, 0.15) is 6.42 Å². The van der Waals surface area contributed by atoms with Gasteiger partial charge in [0.2, 0.25) is 6.79 Å². The zero-order valence-electron chi connectivity index (χ0n) is 8.98. The van der Waals surface area contributed by atoms with E-state index in [-0.39, 0.29) is 0 Å². The molecule has 2 unspecified atom stereocenters. The van der Waals surface area contributed by atoms with Gasteiger partial charge in [-0.15, -0.1) is 0 Å². The van der Waals surface area contributed by atoms with Crippen LogP contribution < -0.4 is 19.7 Å². The molecule has 1 N–H and O–H groups in total. The van der Waals surface area contributed by atoms with Crippen LogP contribution in [0, 0.1) is 0 Å². The molecular weight excluding hydrogens is 204 g/mol. The summed E-state index contributed by atoms with van der Waals surface area (Å²) in [7, 11) is 0. The van der Waals surface area contributed by atoms with Crippen LogP contribution in [0.2, 0.25) is 0 Å². The fraction of sp³-hybridized carbons (Fsp3) is 0.500. The number of hydrogen-bond donors (Lipinski definition) is 1. The van der Waals surface area contributed by atoms with Gasteiger partial charge in [-0.3, -0.25) is 0 Å². The maximum Gasteiger partial charge on any atom is 0.231 e. The van der Waals surface area contributed by atoms with Gasteiger partial charge >= 0.3 is 0 Å². The van der Waals surface area contributed by atoms with E-state index in [2.05, 4.69) is 22.3 Å². The molecule has 0 aliphatic carbocycles. The van der Waals surface area contributed by atoms with Gasteiger partial charge < -0.3 is 19.7 Å². The minimum atomic E-state index is 0.354. The predicted octanol–water partition coefficient (Wildman–Crippen LogP) is 0.966. The fourth-order valence-electron chi connectivity index (χ4n) is 2.94. The Hall–Kier alpha value is -1.42. The number of nitrogens with one attached hydrogen (secondary N) is 1. The zero-order chi connectivity index (χ0) is 10.5. The predicted molar refractivity (Wildman–Crippen MR) is 60.1 cm³/mol. The van der Waals surface area contributed by atoms with Gasteiger partial charge in [0.1, 0.15) is 0 Å². The molecule has 84 valence electrons. The van der Waals surface area contributed by atoms with Gasteiger partial charge in [-0.05, 0) is 18.6 Å². The Kier molecular flexibility index (Phi) is 1.65. The molecule has 4 heteroatoms. The summed E-state index contributed by atoms with van der Waals surface area (Å²) in [6.45, 7) is 2.58. The van der Waals surface area contributed by atoms with Crippen LogP contribution in [0.5, 0.6) is 11.5 Å². The van der Waals surface area contributed by atoms with Gasteiger partial charge in [0, 0.05) is 36.9 Å². The minimum Gasteiger partial charge on any atom is -0.454 e. The van der Waals surface area contributed by atoms with Crippen molar-refractivity contribution in [3.05, 3.63) is 18.2 Å². The smallest absolute Gasteiger partial charge is 0.231 e. The molecule has 2 atom stereocenters. The van der Waals surface area contributed by atoms with Crippen molar-refractivity contribution < 1.29 is 9.47 Å². The molecule has 4 rings (SSSR count). The van der Waals surface area contributed by atoms with E-state index in [9.17, 15) is 0 Å². The SMILES string of the molecule is c1cc2c(cc1N1CC3CC1CN3)OCO2. The number of benzene rings is 1. The molecule has 1 aromatic carbocycles. The summed E-state index contributed by atoms with van der Waals surface area (Å²) in [5.41, 5.74) is 1.26. The topological polar surface area (TPSA) is 33.7 Å². The van der Waals surface area contributed by atoms with Crippen molar-refractivity contribution in [3.8, 4) is 11.5 Å². The van der Waals surface area contributed by atoms with E-state index in [1.165, 1.54) is 12.1 Å². The van der Waals surface area contributed by atoms with E-state index < -0.39 is 0 Å². The lowest BCUT2D eigenvalue weighted by Gasteiger charge is -2.29. The third-order valence-corrected chi connectivity index (χ3v) is 3.74. The van der Waals surface area contributed by atoms with Crippen molar-refractivity contribution >= 4 is 5.69 Å². The molecule has 2 fully saturated rings. The second kappa shape index (κ2) is 3.04. The summed E-state index contributed by atoms with van der Waals surface area (Å²) < 4.78 is 10.7. The Balaban J connectivity index is 1.68. The standard InChI is InChI=1S/C12H14N2O2/c1-2-11-12(16-7-15-11)4-9(1)14-6-8-3-10(14)5-13-8/h1-2,4,8,10,13H,3,5-7H2. The summed E-state index contributed by atoms with van der Waals surface area (Å²) in [5.74, 6) is 1.75. The first kappa shape index (κ1) is 8.70. The van der Waals surface area contributed by atoms with Crippen molar-refractivity contribution in [1.29, 1.82) is 0 Å². The molecule has 2 saturated heterocycles. The van der Waals surface area contributed by atoms with Gasteiger partial charge in [-0.1, -0.05) is 0 Å². The summed E-state index contributed by atoms with van der Waals surface area (Å²) in [6.07, 6.45) is 1.27. The molecule has 16 heavy (non-hydrogen) atoms. The Bertz CT molecular complexity index is 435. The van der Waals surface area contributed by atoms with E-state index in [1.54, 1.807) is 0 Å².